The van der Waals surface area contributed by atoms with Gasteiger partial charge in [-0.05, 0) is 17.7 Å². The molecule has 0 N–H and O–H groups in total. The first-order valence-corrected chi connectivity index (χ1v) is 5.98. The molecule has 0 aliphatic heterocycles. The van der Waals surface area contributed by atoms with E-state index in [1.165, 1.54) is 14.2 Å². The van der Waals surface area contributed by atoms with E-state index in [1.807, 2.05) is 24.3 Å². The fourth-order valence-corrected chi connectivity index (χ4v) is 1.72. The van der Waals surface area contributed by atoms with Crippen LogP contribution in [-0.2, 0) is 19.1 Å². The first-order valence-electron chi connectivity index (χ1n) is 5.18. The number of hydrogen-bond acceptors (Lipinski definition) is 4. The van der Waals surface area contributed by atoms with E-state index in [0.29, 0.717) is 0 Å². The van der Waals surface area contributed by atoms with E-state index in [1.54, 1.807) is 6.08 Å². The Morgan fingerprint density at radius 1 is 1.22 bits per heavy atom. The standard InChI is InChI=1S/C13H13BrO4/c1-17-12(15)8-10(13(16)18-2)7-9-5-3-4-6-11(9)14/h3-7H,8H2,1-2H3. The molecule has 0 unspecified atom stereocenters. The third-order valence-electron chi connectivity index (χ3n) is 2.24. The minimum absolute atomic E-state index is 0.121. The number of ether oxygens (including phenoxy) is 2. The second kappa shape index (κ2) is 6.96. The lowest BCUT2D eigenvalue weighted by Gasteiger charge is -2.05. The quantitative estimate of drug-likeness (QED) is 0.633. The van der Waals surface area contributed by atoms with Crippen molar-refractivity contribution >= 4 is 33.9 Å². The first-order chi connectivity index (χ1) is 8.58. The van der Waals surface area contributed by atoms with Gasteiger partial charge in [-0.15, -0.1) is 0 Å². The Morgan fingerprint density at radius 2 is 1.89 bits per heavy atom. The highest BCUT2D eigenvalue weighted by Crippen LogP contribution is 2.20. The fraction of sp³-hybridized carbons (Fsp3) is 0.231. The summed E-state index contributed by atoms with van der Waals surface area (Å²) in [6.45, 7) is 0. The average molecular weight is 313 g/mol. The minimum Gasteiger partial charge on any atom is -0.469 e. The zero-order valence-corrected chi connectivity index (χ0v) is 11.7. The molecule has 0 atom stereocenters. The molecular weight excluding hydrogens is 300 g/mol. The van der Waals surface area contributed by atoms with Crippen molar-refractivity contribution in [2.45, 2.75) is 6.42 Å². The number of hydrogen-bond donors (Lipinski definition) is 0. The topological polar surface area (TPSA) is 52.6 Å². The van der Waals surface area contributed by atoms with E-state index in [4.69, 9.17) is 0 Å². The van der Waals surface area contributed by atoms with Gasteiger partial charge in [0.2, 0.25) is 0 Å². The maximum atomic E-state index is 11.6. The number of rotatable bonds is 4. The van der Waals surface area contributed by atoms with E-state index in [0.717, 1.165) is 10.0 Å². The predicted molar refractivity (Wildman–Crippen MR) is 70.8 cm³/mol. The second-order valence-corrected chi connectivity index (χ2v) is 4.29. The Labute approximate surface area is 114 Å². The summed E-state index contributed by atoms with van der Waals surface area (Å²) in [5.41, 5.74) is 1.04. The van der Waals surface area contributed by atoms with E-state index in [9.17, 15) is 9.59 Å². The van der Waals surface area contributed by atoms with Gasteiger partial charge in [0.15, 0.2) is 0 Å². The van der Waals surface area contributed by atoms with Gasteiger partial charge in [-0.1, -0.05) is 34.1 Å². The van der Waals surface area contributed by atoms with E-state index in [2.05, 4.69) is 25.4 Å². The molecular formula is C13H13BrO4. The lowest BCUT2D eigenvalue weighted by molar-refractivity contribution is -0.143. The molecule has 1 rings (SSSR count). The van der Waals surface area contributed by atoms with Crippen LogP contribution in [0.2, 0.25) is 0 Å². The number of carbonyl (C=O) groups is 2. The van der Waals surface area contributed by atoms with Crippen LogP contribution in [0.25, 0.3) is 6.08 Å². The molecule has 0 bridgehead atoms. The Morgan fingerprint density at radius 3 is 2.44 bits per heavy atom. The fourth-order valence-electron chi connectivity index (χ4n) is 1.32. The van der Waals surface area contributed by atoms with Gasteiger partial charge in [0, 0.05) is 10.0 Å². The van der Waals surface area contributed by atoms with E-state index in [-0.39, 0.29) is 12.0 Å². The van der Waals surface area contributed by atoms with Crippen LogP contribution >= 0.6 is 15.9 Å². The van der Waals surface area contributed by atoms with Crippen molar-refractivity contribution in [1.82, 2.24) is 0 Å². The molecule has 18 heavy (non-hydrogen) atoms. The van der Waals surface area contributed by atoms with Crippen molar-refractivity contribution in [3.8, 4) is 0 Å². The van der Waals surface area contributed by atoms with Gasteiger partial charge in [0.1, 0.15) is 0 Å². The maximum absolute atomic E-state index is 11.6. The molecule has 1 aromatic rings. The summed E-state index contributed by atoms with van der Waals surface area (Å²) < 4.78 is 10.0. The highest BCUT2D eigenvalue weighted by Gasteiger charge is 2.15. The van der Waals surface area contributed by atoms with Gasteiger partial charge in [-0.3, -0.25) is 4.79 Å². The lowest BCUT2D eigenvalue weighted by Crippen LogP contribution is -2.11. The molecule has 0 spiro atoms. The Hall–Kier alpha value is -1.62. The third kappa shape index (κ3) is 4.00. The zero-order chi connectivity index (χ0) is 13.5. The average Bonchev–Trinajstić information content (AvgIpc) is 2.39. The molecule has 0 aliphatic carbocycles. The molecule has 0 saturated carbocycles. The van der Waals surface area contributed by atoms with Crippen LogP contribution in [-0.4, -0.2) is 26.2 Å². The lowest BCUT2D eigenvalue weighted by atomic mass is 10.1. The summed E-state index contributed by atoms with van der Waals surface area (Å²) >= 11 is 3.37. The van der Waals surface area contributed by atoms with Crippen molar-refractivity contribution < 1.29 is 19.1 Å². The smallest absolute Gasteiger partial charge is 0.334 e. The zero-order valence-electron chi connectivity index (χ0n) is 10.1. The second-order valence-electron chi connectivity index (χ2n) is 3.44. The number of halogens is 1. The van der Waals surface area contributed by atoms with Crippen LogP contribution in [0.15, 0.2) is 34.3 Å². The highest BCUT2D eigenvalue weighted by molar-refractivity contribution is 9.10. The molecule has 0 saturated heterocycles. The van der Waals surface area contributed by atoms with Crippen LogP contribution in [0.3, 0.4) is 0 Å². The summed E-state index contributed by atoms with van der Waals surface area (Å²) in [5, 5.41) is 0. The van der Waals surface area contributed by atoms with Gasteiger partial charge < -0.3 is 9.47 Å². The molecule has 0 radical (unpaired) electrons. The first kappa shape index (κ1) is 14.4. The van der Waals surface area contributed by atoms with Crippen LogP contribution < -0.4 is 0 Å². The SMILES string of the molecule is COC(=O)CC(=Cc1ccccc1Br)C(=O)OC. The predicted octanol–water partition coefficient (Wildman–Crippen LogP) is 2.57. The van der Waals surface area contributed by atoms with Crippen molar-refractivity contribution in [2.75, 3.05) is 14.2 Å². The number of carbonyl (C=O) groups excluding carboxylic acids is 2. The molecule has 0 heterocycles. The van der Waals surface area contributed by atoms with Gasteiger partial charge in [-0.2, -0.15) is 0 Å². The van der Waals surface area contributed by atoms with Crippen LogP contribution in [0.5, 0.6) is 0 Å². The highest BCUT2D eigenvalue weighted by atomic mass is 79.9. The summed E-state index contributed by atoms with van der Waals surface area (Å²) in [5.74, 6) is -1.03. The van der Waals surface area contributed by atoms with E-state index >= 15 is 0 Å². The van der Waals surface area contributed by atoms with Crippen molar-refractivity contribution in [3.63, 3.8) is 0 Å². The molecule has 4 nitrogen and oxygen atoms in total. The van der Waals surface area contributed by atoms with Crippen LogP contribution in [0.1, 0.15) is 12.0 Å². The molecule has 0 aliphatic rings. The van der Waals surface area contributed by atoms with Crippen LogP contribution in [0, 0.1) is 0 Å². The Kier molecular flexibility index (Phi) is 5.58. The molecule has 5 heteroatoms. The Bertz CT molecular complexity index is 480. The van der Waals surface area contributed by atoms with Crippen molar-refractivity contribution in [3.05, 3.63) is 39.9 Å². The van der Waals surface area contributed by atoms with Gasteiger partial charge in [0.05, 0.1) is 20.6 Å². The van der Waals surface area contributed by atoms with Crippen molar-refractivity contribution in [1.29, 1.82) is 0 Å². The monoisotopic (exact) mass is 312 g/mol. The number of esters is 2. The van der Waals surface area contributed by atoms with Crippen molar-refractivity contribution in [2.24, 2.45) is 0 Å². The van der Waals surface area contributed by atoms with Gasteiger partial charge >= 0.3 is 11.9 Å². The third-order valence-corrected chi connectivity index (χ3v) is 2.97. The maximum Gasteiger partial charge on any atom is 0.334 e. The molecule has 96 valence electrons. The van der Waals surface area contributed by atoms with Gasteiger partial charge in [-0.25, -0.2) is 4.79 Å². The normalized spacial score (nSPS) is 10.9. The number of benzene rings is 1. The summed E-state index contributed by atoms with van der Waals surface area (Å²) in [6.07, 6.45) is 1.48. The van der Waals surface area contributed by atoms with Gasteiger partial charge in [0.25, 0.3) is 0 Å². The minimum atomic E-state index is -0.545. The largest absolute Gasteiger partial charge is 0.469 e. The summed E-state index contributed by atoms with van der Waals surface area (Å²) in [4.78, 5) is 22.8. The van der Waals surface area contributed by atoms with Crippen LogP contribution in [0.4, 0.5) is 0 Å². The molecule has 1 aromatic carbocycles. The Balaban J connectivity index is 3.06. The molecule has 0 amide bonds. The summed E-state index contributed by atoms with van der Waals surface area (Å²) in [7, 11) is 2.54. The molecule has 0 fully saturated rings. The molecule has 0 aromatic heterocycles. The summed E-state index contributed by atoms with van der Waals surface area (Å²) in [6, 6.07) is 7.37. The number of methoxy groups -OCH3 is 2. The van der Waals surface area contributed by atoms with E-state index < -0.39 is 11.9 Å².